The van der Waals surface area contributed by atoms with E-state index < -0.39 is 5.97 Å². The first-order valence-corrected chi connectivity index (χ1v) is 7.27. The molecule has 0 aliphatic heterocycles. The van der Waals surface area contributed by atoms with Crippen LogP contribution in [0.1, 0.15) is 49.4 Å². The number of nitrogens with one attached hydrogen (secondary N) is 1. The van der Waals surface area contributed by atoms with Crippen molar-refractivity contribution in [3.8, 4) is 0 Å². The number of halogens is 1. The fourth-order valence-electron chi connectivity index (χ4n) is 2.75. The summed E-state index contributed by atoms with van der Waals surface area (Å²) in [5, 5.41) is 13.0. The molecule has 1 fully saturated rings. The molecule has 2 N–H and O–H groups in total. The number of aromatic carboxylic acids is 1. The highest BCUT2D eigenvalue weighted by atomic mass is 35.5. The first-order valence-electron chi connectivity index (χ1n) is 6.89. The summed E-state index contributed by atoms with van der Waals surface area (Å²) in [7, 11) is 0. The van der Waals surface area contributed by atoms with Crippen molar-refractivity contribution < 1.29 is 9.90 Å². The summed E-state index contributed by atoms with van der Waals surface area (Å²) in [5.41, 5.74) is 0.932. The van der Waals surface area contributed by atoms with Crippen LogP contribution < -0.4 is 5.32 Å². The van der Waals surface area contributed by atoms with Gasteiger partial charge in [0, 0.05) is 16.8 Å². The maximum absolute atomic E-state index is 11.2. The molecule has 4 heteroatoms. The quantitative estimate of drug-likeness (QED) is 0.859. The van der Waals surface area contributed by atoms with Gasteiger partial charge in [0.1, 0.15) is 0 Å². The van der Waals surface area contributed by atoms with Crippen molar-refractivity contribution in [1.82, 2.24) is 0 Å². The molecular formula is C15H20ClNO2. The third kappa shape index (κ3) is 3.63. The Morgan fingerprint density at radius 1 is 1.37 bits per heavy atom. The van der Waals surface area contributed by atoms with E-state index in [4.69, 9.17) is 11.6 Å². The number of carbonyl (C=O) groups is 1. The van der Waals surface area contributed by atoms with Gasteiger partial charge in [-0.3, -0.25) is 0 Å². The van der Waals surface area contributed by atoms with E-state index >= 15 is 0 Å². The minimum atomic E-state index is -0.938. The molecule has 0 spiro atoms. The first kappa shape index (κ1) is 14.2. The van der Waals surface area contributed by atoms with Crippen molar-refractivity contribution in [3.63, 3.8) is 0 Å². The second kappa shape index (κ2) is 6.29. The Labute approximate surface area is 119 Å². The molecule has 0 amide bonds. The Hall–Kier alpha value is -1.22. The predicted octanol–water partition coefficient (Wildman–Crippen LogP) is 4.42. The van der Waals surface area contributed by atoms with Crippen LogP contribution in [0.25, 0.3) is 0 Å². The van der Waals surface area contributed by atoms with E-state index in [1.807, 2.05) is 0 Å². The summed E-state index contributed by atoms with van der Waals surface area (Å²) in [5.74, 6) is -0.102. The summed E-state index contributed by atoms with van der Waals surface area (Å²) in [6.07, 6.45) is 5.92. The highest BCUT2D eigenvalue weighted by molar-refractivity contribution is 6.31. The molecule has 1 aromatic carbocycles. The maximum Gasteiger partial charge on any atom is 0.337 e. The van der Waals surface area contributed by atoms with Gasteiger partial charge in [-0.25, -0.2) is 4.79 Å². The number of carboxylic acids is 1. The van der Waals surface area contributed by atoms with Crippen molar-refractivity contribution in [2.75, 3.05) is 5.32 Å². The molecule has 1 aromatic rings. The zero-order valence-electron chi connectivity index (χ0n) is 11.2. The molecule has 0 radical (unpaired) electrons. The molecule has 1 aliphatic rings. The average molecular weight is 282 g/mol. The van der Waals surface area contributed by atoms with Crippen LogP contribution in [-0.2, 0) is 0 Å². The SMILES string of the molecule is CCC1CCC(Nc2ccc(Cl)cc2C(=O)O)CC1. The third-order valence-electron chi connectivity index (χ3n) is 4.00. The molecule has 0 bridgehead atoms. The van der Waals surface area contributed by atoms with Crippen LogP contribution in [0.15, 0.2) is 18.2 Å². The van der Waals surface area contributed by atoms with Gasteiger partial charge in [0.05, 0.1) is 5.56 Å². The van der Waals surface area contributed by atoms with Crippen molar-refractivity contribution in [1.29, 1.82) is 0 Å². The summed E-state index contributed by atoms with van der Waals surface area (Å²) < 4.78 is 0. The average Bonchev–Trinajstić information content (AvgIpc) is 2.41. The van der Waals surface area contributed by atoms with E-state index in [-0.39, 0.29) is 5.56 Å². The fraction of sp³-hybridized carbons (Fsp3) is 0.533. The third-order valence-corrected chi connectivity index (χ3v) is 4.23. The van der Waals surface area contributed by atoms with Gasteiger partial charge in [-0.1, -0.05) is 24.9 Å². The van der Waals surface area contributed by atoms with Gasteiger partial charge < -0.3 is 10.4 Å². The molecule has 0 aromatic heterocycles. The van der Waals surface area contributed by atoms with Crippen LogP contribution in [-0.4, -0.2) is 17.1 Å². The smallest absolute Gasteiger partial charge is 0.337 e. The van der Waals surface area contributed by atoms with Gasteiger partial charge in [-0.15, -0.1) is 0 Å². The lowest BCUT2D eigenvalue weighted by atomic mass is 9.84. The standard InChI is InChI=1S/C15H20ClNO2/c1-2-10-3-6-12(7-4-10)17-14-8-5-11(16)9-13(14)15(18)19/h5,8-10,12,17H,2-4,6-7H2,1H3,(H,18,19). The monoisotopic (exact) mass is 281 g/mol. The van der Waals surface area contributed by atoms with Gasteiger partial charge in [-0.2, -0.15) is 0 Å². The van der Waals surface area contributed by atoms with E-state index in [9.17, 15) is 9.90 Å². The Morgan fingerprint density at radius 2 is 2.05 bits per heavy atom. The van der Waals surface area contributed by atoms with Crippen LogP contribution in [0, 0.1) is 5.92 Å². The summed E-state index contributed by atoms with van der Waals surface area (Å²) >= 11 is 5.85. The van der Waals surface area contributed by atoms with Gasteiger partial charge >= 0.3 is 5.97 Å². The Morgan fingerprint density at radius 3 is 2.63 bits per heavy atom. The highest BCUT2D eigenvalue weighted by Gasteiger charge is 2.21. The molecule has 0 unspecified atom stereocenters. The summed E-state index contributed by atoms with van der Waals surface area (Å²) in [6, 6.07) is 5.37. The molecular weight excluding hydrogens is 262 g/mol. The van der Waals surface area contributed by atoms with Crippen LogP contribution in [0.2, 0.25) is 5.02 Å². The second-order valence-electron chi connectivity index (χ2n) is 5.27. The minimum absolute atomic E-state index is 0.255. The number of rotatable bonds is 4. The maximum atomic E-state index is 11.2. The normalized spacial score (nSPS) is 23.1. The van der Waals surface area contributed by atoms with Gasteiger partial charge in [0.2, 0.25) is 0 Å². The zero-order valence-corrected chi connectivity index (χ0v) is 11.9. The molecule has 3 nitrogen and oxygen atoms in total. The molecule has 19 heavy (non-hydrogen) atoms. The number of hydrogen-bond donors (Lipinski definition) is 2. The van der Waals surface area contributed by atoms with Crippen molar-refractivity contribution in [2.45, 2.75) is 45.1 Å². The van der Waals surface area contributed by atoms with Crippen LogP contribution >= 0.6 is 11.6 Å². The number of anilines is 1. The van der Waals surface area contributed by atoms with E-state index in [0.29, 0.717) is 16.8 Å². The van der Waals surface area contributed by atoms with Gasteiger partial charge in [0.15, 0.2) is 0 Å². The Bertz CT molecular complexity index is 453. The van der Waals surface area contributed by atoms with E-state index in [1.54, 1.807) is 12.1 Å². The lowest BCUT2D eigenvalue weighted by Gasteiger charge is -2.29. The zero-order chi connectivity index (χ0) is 13.8. The molecule has 1 saturated carbocycles. The molecule has 0 heterocycles. The number of carboxylic acid groups (broad SMARTS) is 1. The Kier molecular flexibility index (Phi) is 4.70. The van der Waals surface area contributed by atoms with Crippen molar-refractivity contribution >= 4 is 23.3 Å². The van der Waals surface area contributed by atoms with Crippen LogP contribution in [0.5, 0.6) is 0 Å². The van der Waals surface area contributed by atoms with E-state index in [2.05, 4.69) is 12.2 Å². The predicted molar refractivity (Wildman–Crippen MR) is 78.1 cm³/mol. The molecule has 0 atom stereocenters. The molecule has 0 saturated heterocycles. The van der Waals surface area contributed by atoms with Gasteiger partial charge in [0.25, 0.3) is 0 Å². The highest BCUT2D eigenvalue weighted by Crippen LogP contribution is 2.30. The molecule has 1 aliphatic carbocycles. The molecule has 2 rings (SSSR count). The fourth-order valence-corrected chi connectivity index (χ4v) is 2.93. The van der Waals surface area contributed by atoms with Crippen molar-refractivity contribution in [2.24, 2.45) is 5.92 Å². The topological polar surface area (TPSA) is 49.3 Å². The second-order valence-corrected chi connectivity index (χ2v) is 5.70. The van der Waals surface area contributed by atoms with Crippen molar-refractivity contribution in [3.05, 3.63) is 28.8 Å². The number of hydrogen-bond acceptors (Lipinski definition) is 2. The van der Waals surface area contributed by atoms with Crippen LogP contribution in [0.4, 0.5) is 5.69 Å². The van der Waals surface area contributed by atoms with E-state index in [0.717, 1.165) is 18.8 Å². The summed E-state index contributed by atoms with van der Waals surface area (Å²) in [6.45, 7) is 2.24. The van der Waals surface area contributed by atoms with Gasteiger partial charge in [-0.05, 0) is 49.8 Å². The first-order chi connectivity index (χ1) is 9.10. The lowest BCUT2D eigenvalue weighted by Crippen LogP contribution is -2.26. The number of benzene rings is 1. The van der Waals surface area contributed by atoms with E-state index in [1.165, 1.54) is 25.3 Å². The molecule has 104 valence electrons. The lowest BCUT2D eigenvalue weighted by molar-refractivity contribution is 0.0698. The minimum Gasteiger partial charge on any atom is -0.478 e. The van der Waals surface area contributed by atoms with Crippen LogP contribution in [0.3, 0.4) is 0 Å². The summed E-state index contributed by atoms with van der Waals surface area (Å²) in [4.78, 5) is 11.2. The Balaban J connectivity index is 2.05. The largest absolute Gasteiger partial charge is 0.478 e.